The van der Waals surface area contributed by atoms with Crippen molar-refractivity contribution >= 4 is 11.6 Å². The molecule has 1 rings (SSSR count). The van der Waals surface area contributed by atoms with Crippen LogP contribution in [-0.2, 0) is 12.8 Å². The third-order valence-corrected chi connectivity index (χ3v) is 3.15. The maximum atomic E-state index is 6.29. The minimum atomic E-state index is 0.697. The van der Waals surface area contributed by atoms with Gasteiger partial charge in [0.05, 0.1) is 14.2 Å². The highest BCUT2D eigenvalue weighted by Gasteiger charge is 2.16. The average molecular weight is 258 g/mol. The molecule has 17 heavy (non-hydrogen) atoms. The molecule has 4 heteroatoms. The van der Waals surface area contributed by atoms with Crippen molar-refractivity contribution in [2.24, 2.45) is 0 Å². The summed E-state index contributed by atoms with van der Waals surface area (Å²) in [6.45, 7) is 2.98. The first-order valence-corrected chi connectivity index (χ1v) is 6.14. The van der Waals surface area contributed by atoms with Crippen molar-refractivity contribution in [3.63, 3.8) is 0 Å². The summed E-state index contributed by atoms with van der Waals surface area (Å²) in [5, 5.41) is 3.88. The van der Waals surface area contributed by atoms with Gasteiger partial charge in [0.2, 0.25) is 0 Å². The van der Waals surface area contributed by atoms with E-state index in [4.69, 9.17) is 21.1 Å². The Hall–Kier alpha value is -0.930. The first-order valence-electron chi connectivity index (χ1n) is 5.76. The highest BCUT2D eigenvalue weighted by Crippen LogP contribution is 2.38. The van der Waals surface area contributed by atoms with Crippen molar-refractivity contribution in [1.29, 1.82) is 0 Å². The Balaban J connectivity index is 3.27. The molecule has 0 aromatic heterocycles. The molecule has 3 nitrogen and oxygen atoms in total. The normalized spacial score (nSPS) is 10.4. The zero-order valence-corrected chi connectivity index (χ0v) is 11.6. The Bertz CT molecular complexity index is 380. The van der Waals surface area contributed by atoms with Crippen LogP contribution in [0, 0.1) is 0 Å². The quantitative estimate of drug-likeness (QED) is 0.850. The maximum absolute atomic E-state index is 6.29. The minimum absolute atomic E-state index is 0.697. The molecule has 0 spiro atoms. The third kappa shape index (κ3) is 3.05. The number of nitrogens with one attached hydrogen (secondary N) is 1. The molecule has 1 N–H and O–H groups in total. The van der Waals surface area contributed by atoms with Crippen LogP contribution in [-0.4, -0.2) is 27.8 Å². The second-order valence-electron chi connectivity index (χ2n) is 3.76. The van der Waals surface area contributed by atoms with Crippen molar-refractivity contribution < 1.29 is 9.47 Å². The van der Waals surface area contributed by atoms with Crippen LogP contribution in [0.15, 0.2) is 6.07 Å². The summed E-state index contributed by atoms with van der Waals surface area (Å²) in [6.07, 6.45) is 1.76. The van der Waals surface area contributed by atoms with Gasteiger partial charge in [-0.1, -0.05) is 18.5 Å². The number of ether oxygens (including phenoxy) is 2. The second kappa shape index (κ2) is 6.72. The summed E-state index contributed by atoms with van der Waals surface area (Å²) in [7, 11) is 5.22. The van der Waals surface area contributed by atoms with Crippen molar-refractivity contribution in [3.8, 4) is 11.5 Å². The van der Waals surface area contributed by atoms with Gasteiger partial charge in [0.25, 0.3) is 0 Å². The van der Waals surface area contributed by atoms with Crippen LogP contribution in [0.4, 0.5) is 0 Å². The van der Waals surface area contributed by atoms with Crippen molar-refractivity contribution in [1.82, 2.24) is 5.32 Å². The van der Waals surface area contributed by atoms with Gasteiger partial charge in [0.1, 0.15) is 0 Å². The lowest BCUT2D eigenvalue weighted by atomic mass is 10.0. The fraction of sp³-hybridized carbons (Fsp3) is 0.538. The van der Waals surface area contributed by atoms with E-state index < -0.39 is 0 Å². The summed E-state index contributed by atoms with van der Waals surface area (Å²) < 4.78 is 10.7. The fourth-order valence-corrected chi connectivity index (χ4v) is 2.27. The smallest absolute Gasteiger partial charge is 0.164 e. The zero-order valence-electron chi connectivity index (χ0n) is 10.9. The Kier molecular flexibility index (Phi) is 5.59. The van der Waals surface area contributed by atoms with Gasteiger partial charge in [0.15, 0.2) is 11.5 Å². The van der Waals surface area contributed by atoms with E-state index in [1.807, 2.05) is 13.1 Å². The number of halogens is 1. The molecule has 96 valence electrons. The molecular weight excluding hydrogens is 238 g/mol. The molecule has 0 atom stereocenters. The highest BCUT2D eigenvalue weighted by atomic mass is 35.5. The first-order chi connectivity index (χ1) is 8.19. The lowest BCUT2D eigenvalue weighted by Gasteiger charge is -2.17. The van der Waals surface area contributed by atoms with Crippen LogP contribution >= 0.6 is 11.6 Å². The van der Waals surface area contributed by atoms with Crippen LogP contribution in [0.3, 0.4) is 0 Å². The topological polar surface area (TPSA) is 30.5 Å². The van der Waals surface area contributed by atoms with Crippen LogP contribution in [0.2, 0.25) is 5.02 Å². The van der Waals surface area contributed by atoms with Gasteiger partial charge in [0, 0.05) is 16.7 Å². The highest BCUT2D eigenvalue weighted by molar-refractivity contribution is 6.31. The molecule has 0 aliphatic heterocycles. The Morgan fingerprint density at radius 2 is 1.94 bits per heavy atom. The molecule has 0 amide bonds. The van der Waals surface area contributed by atoms with Gasteiger partial charge >= 0.3 is 0 Å². The summed E-state index contributed by atoms with van der Waals surface area (Å²) in [5.41, 5.74) is 2.27. The number of rotatable bonds is 6. The van der Waals surface area contributed by atoms with E-state index >= 15 is 0 Å². The fourth-order valence-electron chi connectivity index (χ4n) is 1.97. The van der Waals surface area contributed by atoms with E-state index in [2.05, 4.69) is 12.2 Å². The molecule has 0 aliphatic rings. The lowest BCUT2D eigenvalue weighted by Crippen LogP contribution is -2.12. The largest absolute Gasteiger partial charge is 0.493 e. The molecule has 0 saturated heterocycles. The second-order valence-corrected chi connectivity index (χ2v) is 4.17. The molecule has 1 aromatic carbocycles. The van der Waals surface area contributed by atoms with Crippen LogP contribution < -0.4 is 14.8 Å². The summed E-state index contributed by atoms with van der Waals surface area (Å²) in [5.74, 6) is 1.49. The number of likely N-dealkylation sites (N-methyl/N-ethyl adjacent to an activating group) is 1. The average Bonchev–Trinajstić information content (AvgIpc) is 2.35. The van der Waals surface area contributed by atoms with Gasteiger partial charge in [-0.2, -0.15) is 0 Å². The number of methoxy groups -OCH3 is 2. The Morgan fingerprint density at radius 3 is 2.41 bits per heavy atom. The molecule has 0 aliphatic carbocycles. The molecule has 0 unspecified atom stereocenters. The molecule has 1 aromatic rings. The van der Waals surface area contributed by atoms with Gasteiger partial charge in [-0.05, 0) is 32.0 Å². The zero-order chi connectivity index (χ0) is 12.8. The SMILES string of the molecule is CCc1c(CCNC)c(Cl)cc(OC)c1OC. The number of hydrogen-bond acceptors (Lipinski definition) is 3. The van der Waals surface area contributed by atoms with Gasteiger partial charge in [-0.3, -0.25) is 0 Å². The molecule has 0 heterocycles. The summed E-state index contributed by atoms with van der Waals surface area (Å²) in [6, 6.07) is 1.82. The van der Waals surface area contributed by atoms with E-state index in [0.717, 1.165) is 41.3 Å². The number of hydrogen-bond donors (Lipinski definition) is 1. The molecule has 0 saturated carbocycles. The first kappa shape index (κ1) is 14.1. The van der Waals surface area contributed by atoms with Crippen molar-refractivity contribution in [2.75, 3.05) is 27.8 Å². The summed E-state index contributed by atoms with van der Waals surface area (Å²) in [4.78, 5) is 0. The van der Waals surface area contributed by atoms with E-state index in [1.54, 1.807) is 14.2 Å². The maximum Gasteiger partial charge on any atom is 0.164 e. The van der Waals surface area contributed by atoms with Crippen LogP contribution in [0.1, 0.15) is 18.1 Å². The van der Waals surface area contributed by atoms with E-state index in [1.165, 1.54) is 0 Å². The van der Waals surface area contributed by atoms with Crippen molar-refractivity contribution in [3.05, 3.63) is 22.2 Å². The van der Waals surface area contributed by atoms with E-state index in [0.29, 0.717) is 5.75 Å². The van der Waals surface area contributed by atoms with Crippen LogP contribution in [0.25, 0.3) is 0 Å². The lowest BCUT2D eigenvalue weighted by molar-refractivity contribution is 0.351. The molecule has 0 radical (unpaired) electrons. The Labute approximate surface area is 108 Å². The summed E-state index contributed by atoms with van der Waals surface area (Å²) >= 11 is 6.29. The monoisotopic (exact) mass is 257 g/mol. The van der Waals surface area contributed by atoms with E-state index in [9.17, 15) is 0 Å². The predicted molar refractivity (Wildman–Crippen MR) is 71.6 cm³/mol. The minimum Gasteiger partial charge on any atom is -0.493 e. The van der Waals surface area contributed by atoms with Gasteiger partial charge < -0.3 is 14.8 Å². The Morgan fingerprint density at radius 1 is 1.24 bits per heavy atom. The van der Waals surface area contributed by atoms with Gasteiger partial charge in [-0.25, -0.2) is 0 Å². The molecule has 0 fully saturated rings. The van der Waals surface area contributed by atoms with E-state index in [-0.39, 0.29) is 0 Å². The van der Waals surface area contributed by atoms with Crippen LogP contribution in [0.5, 0.6) is 11.5 Å². The van der Waals surface area contributed by atoms with Gasteiger partial charge in [-0.15, -0.1) is 0 Å². The number of benzene rings is 1. The molecule has 0 bridgehead atoms. The van der Waals surface area contributed by atoms with Crippen molar-refractivity contribution in [2.45, 2.75) is 19.8 Å². The standard InChI is InChI=1S/C13H20ClNO2/c1-5-9-10(6-7-15-2)11(14)8-12(16-3)13(9)17-4/h8,15H,5-7H2,1-4H3. The molecular formula is C13H20ClNO2. The third-order valence-electron chi connectivity index (χ3n) is 2.81. The predicted octanol–water partition coefficient (Wildman–Crippen LogP) is 2.68.